The summed E-state index contributed by atoms with van der Waals surface area (Å²) in [6, 6.07) is 0. The van der Waals surface area contributed by atoms with E-state index in [2.05, 4.69) is 6.92 Å². The standard InChI is InChI=1S/C13H28O5/c1-3-4-5-15-6-7-16-8-9-17-10-11-18-12-13(2)14/h13-14H,3-12H2,1-2H3/t13-/m1/s1. The van der Waals surface area contributed by atoms with Crippen molar-refractivity contribution in [2.75, 3.05) is 52.9 Å². The SMILES string of the molecule is CCCCOCCOCCOCCOC[C@@H](C)O. The minimum atomic E-state index is -0.416. The van der Waals surface area contributed by atoms with Crippen LogP contribution in [0.4, 0.5) is 0 Å². The van der Waals surface area contributed by atoms with Crippen LogP contribution in [0.1, 0.15) is 26.7 Å². The number of aliphatic hydroxyl groups is 1. The Balaban J connectivity index is 2.90. The Morgan fingerprint density at radius 3 is 1.67 bits per heavy atom. The van der Waals surface area contributed by atoms with Crippen molar-refractivity contribution >= 4 is 0 Å². The molecular weight excluding hydrogens is 236 g/mol. The van der Waals surface area contributed by atoms with Crippen LogP contribution in [0.5, 0.6) is 0 Å². The summed E-state index contributed by atoms with van der Waals surface area (Å²) in [5.74, 6) is 0. The van der Waals surface area contributed by atoms with Crippen molar-refractivity contribution in [2.24, 2.45) is 0 Å². The first kappa shape index (κ1) is 17.8. The predicted molar refractivity (Wildman–Crippen MR) is 69.9 cm³/mol. The highest BCUT2D eigenvalue weighted by Crippen LogP contribution is 1.88. The first-order valence-electron chi connectivity index (χ1n) is 6.76. The molecule has 0 heterocycles. The van der Waals surface area contributed by atoms with Gasteiger partial charge in [0.1, 0.15) is 0 Å². The van der Waals surface area contributed by atoms with Crippen LogP contribution in [0.15, 0.2) is 0 Å². The maximum absolute atomic E-state index is 8.93. The molecule has 0 aliphatic carbocycles. The zero-order valence-electron chi connectivity index (χ0n) is 11.7. The first-order valence-corrected chi connectivity index (χ1v) is 6.76. The molecule has 0 aliphatic heterocycles. The van der Waals surface area contributed by atoms with E-state index in [1.807, 2.05) is 0 Å². The molecule has 1 N–H and O–H groups in total. The quantitative estimate of drug-likeness (QED) is 0.478. The van der Waals surface area contributed by atoms with Gasteiger partial charge in [0.05, 0.1) is 52.4 Å². The molecule has 18 heavy (non-hydrogen) atoms. The van der Waals surface area contributed by atoms with Crippen LogP contribution in [0.2, 0.25) is 0 Å². The lowest BCUT2D eigenvalue weighted by molar-refractivity contribution is -0.0142. The lowest BCUT2D eigenvalue weighted by Crippen LogP contribution is -2.15. The second-order valence-electron chi connectivity index (χ2n) is 4.11. The Kier molecular flexibility index (Phi) is 14.7. The van der Waals surface area contributed by atoms with Crippen LogP contribution in [0.25, 0.3) is 0 Å². The third-order valence-electron chi connectivity index (χ3n) is 2.12. The highest BCUT2D eigenvalue weighted by Gasteiger charge is 1.95. The fourth-order valence-electron chi connectivity index (χ4n) is 1.16. The van der Waals surface area contributed by atoms with E-state index in [1.165, 1.54) is 0 Å². The van der Waals surface area contributed by atoms with E-state index < -0.39 is 6.10 Å². The minimum absolute atomic E-state index is 0.356. The molecule has 0 radical (unpaired) electrons. The maximum atomic E-state index is 8.93. The molecule has 0 aromatic rings. The van der Waals surface area contributed by atoms with Gasteiger partial charge in [-0.05, 0) is 13.3 Å². The van der Waals surface area contributed by atoms with Crippen molar-refractivity contribution in [3.63, 3.8) is 0 Å². The number of hydrogen-bond acceptors (Lipinski definition) is 5. The van der Waals surface area contributed by atoms with Crippen LogP contribution in [-0.2, 0) is 18.9 Å². The second kappa shape index (κ2) is 14.9. The van der Waals surface area contributed by atoms with Crippen LogP contribution in [0, 0.1) is 0 Å². The van der Waals surface area contributed by atoms with Gasteiger partial charge in [-0.3, -0.25) is 0 Å². The number of unbranched alkanes of at least 4 members (excludes halogenated alkanes) is 1. The van der Waals surface area contributed by atoms with Crippen molar-refractivity contribution in [1.82, 2.24) is 0 Å². The summed E-state index contributed by atoms with van der Waals surface area (Å²) < 4.78 is 21.1. The minimum Gasteiger partial charge on any atom is -0.391 e. The van der Waals surface area contributed by atoms with E-state index in [4.69, 9.17) is 24.1 Å². The third-order valence-corrected chi connectivity index (χ3v) is 2.12. The van der Waals surface area contributed by atoms with Crippen molar-refractivity contribution in [3.8, 4) is 0 Å². The van der Waals surface area contributed by atoms with Gasteiger partial charge in [0.25, 0.3) is 0 Å². The molecule has 0 spiro atoms. The molecule has 0 aromatic carbocycles. The van der Waals surface area contributed by atoms with Crippen LogP contribution in [-0.4, -0.2) is 64.1 Å². The van der Waals surface area contributed by atoms with Gasteiger partial charge in [0, 0.05) is 6.61 Å². The largest absolute Gasteiger partial charge is 0.391 e. The van der Waals surface area contributed by atoms with Gasteiger partial charge in [-0.15, -0.1) is 0 Å². The Bertz CT molecular complexity index is 152. The summed E-state index contributed by atoms with van der Waals surface area (Å²) in [6.07, 6.45) is 1.85. The van der Waals surface area contributed by atoms with Crippen LogP contribution >= 0.6 is 0 Å². The molecule has 0 saturated carbocycles. The Hall–Kier alpha value is -0.200. The van der Waals surface area contributed by atoms with Crippen molar-refractivity contribution in [1.29, 1.82) is 0 Å². The summed E-state index contributed by atoms with van der Waals surface area (Å²) in [7, 11) is 0. The molecule has 0 aliphatic rings. The summed E-state index contributed by atoms with van der Waals surface area (Å²) in [5.41, 5.74) is 0. The Morgan fingerprint density at radius 2 is 1.22 bits per heavy atom. The monoisotopic (exact) mass is 264 g/mol. The lowest BCUT2D eigenvalue weighted by Gasteiger charge is -2.08. The van der Waals surface area contributed by atoms with Gasteiger partial charge in [0.15, 0.2) is 0 Å². The van der Waals surface area contributed by atoms with Gasteiger partial charge in [0.2, 0.25) is 0 Å². The first-order chi connectivity index (χ1) is 8.77. The van der Waals surface area contributed by atoms with E-state index in [9.17, 15) is 0 Å². The van der Waals surface area contributed by atoms with Crippen molar-refractivity contribution < 1.29 is 24.1 Å². The number of hydrogen-bond donors (Lipinski definition) is 1. The fourth-order valence-corrected chi connectivity index (χ4v) is 1.16. The molecule has 0 saturated heterocycles. The summed E-state index contributed by atoms with van der Waals surface area (Å²) in [6.45, 7) is 8.45. The number of rotatable bonds is 14. The summed E-state index contributed by atoms with van der Waals surface area (Å²) >= 11 is 0. The van der Waals surface area contributed by atoms with Gasteiger partial charge >= 0.3 is 0 Å². The van der Waals surface area contributed by atoms with Gasteiger partial charge < -0.3 is 24.1 Å². The Labute approximate surface area is 110 Å². The van der Waals surface area contributed by atoms with Crippen molar-refractivity contribution in [2.45, 2.75) is 32.8 Å². The molecule has 0 rings (SSSR count). The zero-order chi connectivity index (χ0) is 13.5. The lowest BCUT2D eigenvalue weighted by atomic mass is 10.4. The zero-order valence-corrected chi connectivity index (χ0v) is 11.7. The molecule has 5 nitrogen and oxygen atoms in total. The molecule has 110 valence electrons. The van der Waals surface area contributed by atoms with E-state index >= 15 is 0 Å². The molecular formula is C13H28O5. The average Bonchev–Trinajstić information content (AvgIpc) is 2.34. The van der Waals surface area contributed by atoms with Crippen molar-refractivity contribution in [3.05, 3.63) is 0 Å². The summed E-state index contributed by atoms with van der Waals surface area (Å²) in [4.78, 5) is 0. The normalized spacial score (nSPS) is 12.8. The van der Waals surface area contributed by atoms with Gasteiger partial charge in [-0.25, -0.2) is 0 Å². The van der Waals surface area contributed by atoms with E-state index in [-0.39, 0.29) is 0 Å². The van der Waals surface area contributed by atoms with Crippen LogP contribution < -0.4 is 0 Å². The Morgan fingerprint density at radius 1 is 0.778 bits per heavy atom. The fraction of sp³-hybridized carbons (Fsp3) is 1.00. The average molecular weight is 264 g/mol. The summed E-state index contributed by atoms with van der Waals surface area (Å²) in [5, 5.41) is 8.93. The van der Waals surface area contributed by atoms with Crippen LogP contribution in [0.3, 0.4) is 0 Å². The maximum Gasteiger partial charge on any atom is 0.0745 e. The molecule has 0 aromatic heterocycles. The molecule has 0 fully saturated rings. The molecule has 0 unspecified atom stereocenters. The molecule has 0 amide bonds. The van der Waals surface area contributed by atoms with E-state index in [0.29, 0.717) is 46.2 Å². The number of aliphatic hydroxyl groups excluding tert-OH is 1. The predicted octanol–water partition coefficient (Wildman–Crippen LogP) is 1.23. The molecule has 1 atom stereocenters. The topological polar surface area (TPSA) is 57.2 Å². The highest BCUT2D eigenvalue weighted by molar-refractivity contribution is 4.41. The van der Waals surface area contributed by atoms with E-state index in [0.717, 1.165) is 19.4 Å². The third kappa shape index (κ3) is 15.8. The van der Waals surface area contributed by atoms with Gasteiger partial charge in [-0.2, -0.15) is 0 Å². The number of ether oxygens (including phenoxy) is 4. The smallest absolute Gasteiger partial charge is 0.0745 e. The second-order valence-corrected chi connectivity index (χ2v) is 4.11. The molecule has 5 heteroatoms. The van der Waals surface area contributed by atoms with E-state index in [1.54, 1.807) is 6.92 Å². The highest BCUT2D eigenvalue weighted by atomic mass is 16.6. The van der Waals surface area contributed by atoms with Gasteiger partial charge in [-0.1, -0.05) is 13.3 Å². The molecule has 0 bridgehead atoms.